The highest BCUT2D eigenvalue weighted by Crippen LogP contribution is 2.40. The van der Waals surface area contributed by atoms with Gasteiger partial charge in [-0.15, -0.1) is 11.8 Å². The lowest BCUT2D eigenvalue weighted by Crippen LogP contribution is -2.31. The molecule has 1 fully saturated rings. The number of rotatable bonds is 14. The Kier molecular flexibility index (Phi) is 12.3. The van der Waals surface area contributed by atoms with Gasteiger partial charge in [0.15, 0.2) is 6.29 Å². The molecule has 0 bridgehead atoms. The normalized spacial score (nSPS) is 17.5. The third-order valence-electron chi connectivity index (χ3n) is 7.89. The molecule has 1 aliphatic heterocycles. The Morgan fingerprint density at radius 2 is 1.55 bits per heavy atom. The van der Waals surface area contributed by atoms with E-state index in [4.69, 9.17) is 19.9 Å². The van der Waals surface area contributed by atoms with Gasteiger partial charge in [0.05, 0.1) is 37.3 Å². The molecule has 0 aromatic heterocycles. The van der Waals surface area contributed by atoms with Crippen molar-refractivity contribution in [2.75, 3.05) is 23.9 Å². The van der Waals surface area contributed by atoms with E-state index in [0.717, 1.165) is 38.7 Å². The van der Waals surface area contributed by atoms with Gasteiger partial charge in [-0.3, -0.25) is 9.59 Å². The van der Waals surface area contributed by atoms with E-state index in [9.17, 15) is 14.7 Å². The number of nitrogens with one attached hydrogen (secondary N) is 2. The number of anilines is 2. The standard InChI is InChI=1S/C37H41N3O6S/c1-44-32-9-4-5-10-34(32)47-24-29-21-33(27-17-15-26(23-41)16-18-27)46-37(45-29)28-19-13-25(14-20-28)22-39-35(42)11-6-12-36(43)40-31-8-3-2-7-30(31)38/h2-5,7-10,13-20,29,33,37,41H,6,11-12,21-24,38H2,1H3,(H,39,42)(H,40,43). The first kappa shape index (κ1) is 34.0. The summed E-state index contributed by atoms with van der Waals surface area (Å²) in [6.07, 6.45) is 0.740. The van der Waals surface area contributed by atoms with Crippen LogP contribution in [0.15, 0.2) is 102 Å². The van der Waals surface area contributed by atoms with Crippen LogP contribution in [0.4, 0.5) is 11.4 Å². The zero-order valence-corrected chi connectivity index (χ0v) is 27.2. The third kappa shape index (κ3) is 9.82. The van der Waals surface area contributed by atoms with Crippen molar-refractivity contribution in [2.24, 2.45) is 0 Å². The summed E-state index contributed by atoms with van der Waals surface area (Å²) in [6, 6.07) is 30.7. The minimum atomic E-state index is -0.574. The van der Waals surface area contributed by atoms with Gasteiger partial charge >= 0.3 is 0 Å². The third-order valence-corrected chi connectivity index (χ3v) is 9.08. The first-order chi connectivity index (χ1) is 22.9. The number of carbonyl (C=O) groups is 2. The highest BCUT2D eigenvalue weighted by atomic mass is 32.2. The molecule has 0 aliphatic carbocycles. The first-order valence-electron chi connectivity index (χ1n) is 15.7. The number of amides is 2. The van der Waals surface area contributed by atoms with Crippen molar-refractivity contribution in [3.8, 4) is 5.75 Å². The molecule has 4 aromatic carbocycles. The number of hydrogen-bond donors (Lipinski definition) is 4. The average Bonchev–Trinajstić information content (AvgIpc) is 3.11. The maximum Gasteiger partial charge on any atom is 0.224 e. The van der Waals surface area contributed by atoms with E-state index in [-0.39, 0.29) is 43.5 Å². The average molecular weight is 656 g/mol. The summed E-state index contributed by atoms with van der Waals surface area (Å²) in [5.41, 5.74) is 10.7. The largest absolute Gasteiger partial charge is 0.496 e. The van der Waals surface area contributed by atoms with E-state index in [1.54, 1.807) is 43.1 Å². The number of para-hydroxylation sites is 3. The molecule has 5 N–H and O–H groups in total. The lowest BCUT2D eigenvalue weighted by atomic mass is 10.0. The van der Waals surface area contributed by atoms with Gasteiger partial charge in [0.2, 0.25) is 11.8 Å². The number of ether oxygens (including phenoxy) is 3. The van der Waals surface area contributed by atoms with Crippen LogP contribution in [0.5, 0.6) is 5.75 Å². The number of nitrogen functional groups attached to an aromatic ring is 1. The van der Waals surface area contributed by atoms with Gasteiger partial charge in [0, 0.05) is 42.0 Å². The molecule has 2 amide bonds. The second-order valence-electron chi connectivity index (χ2n) is 11.3. The summed E-state index contributed by atoms with van der Waals surface area (Å²) in [7, 11) is 1.67. The molecule has 47 heavy (non-hydrogen) atoms. The monoisotopic (exact) mass is 655 g/mol. The summed E-state index contributed by atoms with van der Waals surface area (Å²) in [6.45, 7) is 0.362. The van der Waals surface area contributed by atoms with Crippen LogP contribution in [-0.4, -0.2) is 35.9 Å². The van der Waals surface area contributed by atoms with Crippen LogP contribution in [-0.2, 0) is 32.2 Å². The zero-order chi connectivity index (χ0) is 33.0. The van der Waals surface area contributed by atoms with E-state index >= 15 is 0 Å². The van der Waals surface area contributed by atoms with Crippen molar-refractivity contribution in [3.63, 3.8) is 0 Å². The summed E-state index contributed by atoms with van der Waals surface area (Å²) >= 11 is 1.69. The fraction of sp³-hybridized carbons (Fsp3) is 0.297. The Morgan fingerprint density at radius 1 is 0.872 bits per heavy atom. The van der Waals surface area contributed by atoms with E-state index in [0.29, 0.717) is 30.8 Å². The van der Waals surface area contributed by atoms with Gasteiger partial charge in [0.25, 0.3) is 0 Å². The first-order valence-corrected chi connectivity index (χ1v) is 16.7. The summed E-state index contributed by atoms with van der Waals surface area (Å²) < 4.78 is 18.5. The van der Waals surface area contributed by atoms with Gasteiger partial charge < -0.3 is 35.7 Å². The lowest BCUT2D eigenvalue weighted by Gasteiger charge is -2.36. The molecule has 5 rings (SSSR count). The SMILES string of the molecule is COc1ccccc1SCC1CC(c2ccc(CO)cc2)OC(c2ccc(CNC(=O)CCCC(=O)Nc3ccccc3N)cc2)O1. The zero-order valence-electron chi connectivity index (χ0n) is 26.4. The van der Waals surface area contributed by atoms with Crippen LogP contribution < -0.4 is 21.1 Å². The van der Waals surface area contributed by atoms with E-state index in [2.05, 4.69) is 10.6 Å². The molecule has 246 valence electrons. The predicted octanol–water partition coefficient (Wildman–Crippen LogP) is 6.53. The quantitative estimate of drug-likeness (QED) is 0.0891. The Balaban J connectivity index is 1.15. The summed E-state index contributed by atoms with van der Waals surface area (Å²) in [5, 5.41) is 15.2. The van der Waals surface area contributed by atoms with Gasteiger partial charge in [-0.25, -0.2) is 0 Å². The van der Waals surface area contributed by atoms with Crippen molar-refractivity contribution >= 4 is 35.0 Å². The molecule has 0 radical (unpaired) electrons. The molecular weight excluding hydrogens is 614 g/mol. The number of aliphatic hydroxyl groups is 1. The molecule has 0 saturated carbocycles. The number of nitrogens with two attached hydrogens (primary N) is 1. The second kappa shape index (κ2) is 17.0. The van der Waals surface area contributed by atoms with Crippen LogP contribution in [0, 0.1) is 0 Å². The molecule has 1 saturated heterocycles. The molecule has 1 aliphatic rings. The molecule has 3 atom stereocenters. The number of carbonyl (C=O) groups excluding carboxylic acids is 2. The van der Waals surface area contributed by atoms with Crippen LogP contribution in [0.3, 0.4) is 0 Å². The Morgan fingerprint density at radius 3 is 2.30 bits per heavy atom. The summed E-state index contributed by atoms with van der Waals surface area (Å²) in [4.78, 5) is 25.7. The van der Waals surface area contributed by atoms with Gasteiger partial charge in [-0.1, -0.05) is 72.8 Å². The fourth-order valence-electron chi connectivity index (χ4n) is 5.26. The Bertz CT molecular complexity index is 1620. The van der Waals surface area contributed by atoms with Crippen LogP contribution in [0.25, 0.3) is 0 Å². The molecule has 0 spiro atoms. The second-order valence-corrected chi connectivity index (χ2v) is 12.4. The van der Waals surface area contributed by atoms with Crippen molar-refractivity contribution in [1.29, 1.82) is 0 Å². The molecule has 4 aromatic rings. The van der Waals surface area contributed by atoms with Gasteiger partial charge in [-0.05, 0) is 47.4 Å². The number of thioether (sulfide) groups is 1. The molecule has 10 heteroatoms. The highest BCUT2D eigenvalue weighted by Gasteiger charge is 2.32. The molecule has 3 unspecified atom stereocenters. The Hall–Kier alpha value is -4.35. The van der Waals surface area contributed by atoms with E-state index in [1.807, 2.05) is 72.8 Å². The van der Waals surface area contributed by atoms with Crippen molar-refractivity contribution in [3.05, 3.63) is 119 Å². The van der Waals surface area contributed by atoms with Crippen molar-refractivity contribution < 1.29 is 28.9 Å². The van der Waals surface area contributed by atoms with E-state index in [1.165, 1.54) is 0 Å². The number of benzene rings is 4. The lowest BCUT2D eigenvalue weighted by molar-refractivity contribution is -0.245. The maximum atomic E-state index is 12.4. The number of methoxy groups -OCH3 is 1. The predicted molar refractivity (Wildman–Crippen MR) is 184 cm³/mol. The van der Waals surface area contributed by atoms with Crippen molar-refractivity contribution in [2.45, 2.75) is 62.2 Å². The Labute approximate surface area is 279 Å². The fourth-order valence-corrected chi connectivity index (χ4v) is 6.31. The molecular formula is C37H41N3O6S. The van der Waals surface area contributed by atoms with E-state index < -0.39 is 6.29 Å². The number of hydrogen-bond acceptors (Lipinski definition) is 8. The number of aliphatic hydroxyl groups excluding tert-OH is 1. The molecule has 1 heterocycles. The topological polar surface area (TPSA) is 132 Å². The highest BCUT2D eigenvalue weighted by molar-refractivity contribution is 7.99. The van der Waals surface area contributed by atoms with Gasteiger partial charge in [-0.2, -0.15) is 0 Å². The maximum absolute atomic E-state index is 12.4. The van der Waals surface area contributed by atoms with Crippen LogP contribution >= 0.6 is 11.8 Å². The van der Waals surface area contributed by atoms with Crippen LogP contribution in [0.2, 0.25) is 0 Å². The van der Waals surface area contributed by atoms with Crippen molar-refractivity contribution in [1.82, 2.24) is 5.32 Å². The summed E-state index contributed by atoms with van der Waals surface area (Å²) in [5.74, 6) is 1.26. The smallest absolute Gasteiger partial charge is 0.224 e. The van der Waals surface area contributed by atoms with Gasteiger partial charge in [0.1, 0.15) is 5.75 Å². The minimum absolute atomic E-state index is 0.00957. The molecule has 9 nitrogen and oxygen atoms in total. The van der Waals surface area contributed by atoms with Crippen LogP contribution in [0.1, 0.15) is 60.3 Å². The minimum Gasteiger partial charge on any atom is -0.496 e.